The SMILES string of the molecule is S=C(Nc1ccc(Br)cc1Cl)Nc1ccccc1Br. The van der Waals surface area contributed by atoms with Gasteiger partial charge < -0.3 is 10.6 Å². The first-order valence-corrected chi connectivity index (χ1v) is 7.71. The van der Waals surface area contributed by atoms with Crippen LogP contribution in [0.1, 0.15) is 0 Å². The van der Waals surface area contributed by atoms with Gasteiger partial charge in [-0.1, -0.05) is 39.7 Å². The second-order valence-electron chi connectivity index (χ2n) is 3.68. The zero-order valence-corrected chi connectivity index (χ0v) is 14.3. The molecule has 2 aromatic rings. The predicted octanol–water partition coefficient (Wildman–Crippen LogP) is 5.67. The number of hydrogen-bond acceptors (Lipinski definition) is 1. The maximum Gasteiger partial charge on any atom is 0.175 e. The maximum absolute atomic E-state index is 6.12. The molecule has 2 rings (SSSR count). The lowest BCUT2D eigenvalue weighted by atomic mass is 10.3. The molecule has 0 fully saturated rings. The first-order valence-electron chi connectivity index (χ1n) is 5.34. The van der Waals surface area contributed by atoms with Crippen LogP contribution >= 0.6 is 55.7 Å². The van der Waals surface area contributed by atoms with Crippen molar-refractivity contribution in [3.8, 4) is 0 Å². The van der Waals surface area contributed by atoms with Gasteiger partial charge in [0.2, 0.25) is 0 Å². The summed E-state index contributed by atoms with van der Waals surface area (Å²) in [6.07, 6.45) is 0. The van der Waals surface area contributed by atoms with Gasteiger partial charge in [0.1, 0.15) is 0 Å². The zero-order valence-electron chi connectivity index (χ0n) is 9.58. The summed E-state index contributed by atoms with van der Waals surface area (Å²) in [5.74, 6) is 0. The molecule has 0 aliphatic heterocycles. The molecule has 98 valence electrons. The molecule has 6 heteroatoms. The molecular weight excluding hydrogens is 411 g/mol. The maximum atomic E-state index is 6.12. The summed E-state index contributed by atoms with van der Waals surface area (Å²) in [6, 6.07) is 13.3. The fraction of sp³-hybridized carbons (Fsp3) is 0. The van der Waals surface area contributed by atoms with E-state index in [1.165, 1.54) is 0 Å². The third-order valence-corrected chi connectivity index (χ3v) is 4.00. The third-order valence-electron chi connectivity index (χ3n) is 2.30. The summed E-state index contributed by atoms with van der Waals surface area (Å²) in [7, 11) is 0. The van der Waals surface area contributed by atoms with Gasteiger partial charge in [0.15, 0.2) is 5.11 Å². The molecule has 0 aliphatic carbocycles. The number of nitrogens with one attached hydrogen (secondary N) is 2. The predicted molar refractivity (Wildman–Crippen MR) is 93.1 cm³/mol. The van der Waals surface area contributed by atoms with Crippen LogP contribution in [-0.4, -0.2) is 5.11 Å². The molecule has 0 spiro atoms. The summed E-state index contributed by atoms with van der Waals surface area (Å²) in [5, 5.41) is 7.25. The van der Waals surface area contributed by atoms with Gasteiger partial charge in [-0.05, 0) is 58.5 Å². The van der Waals surface area contributed by atoms with Crippen molar-refractivity contribution in [2.45, 2.75) is 0 Å². The molecule has 0 heterocycles. The molecule has 0 aromatic heterocycles. The third kappa shape index (κ3) is 4.18. The minimum absolute atomic E-state index is 0.483. The van der Waals surface area contributed by atoms with E-state index in [9.17, 15) is 0 Å². The van der Waals surface area contributed by atoms with Crippen molar-refractivity contribution in [1.82, 2.24) is 0 Å². The van der Waals surface area contributed by atoms with Crippen molar-refractivity contribution in [1.29, 1.82) is 0 Å². The molecule has 2 nitrogen and oxygen atoms in total. The van der Waals surface area contributed by atoms with Gasteiger partial charge in [0.05, 0.1) is 16.4 Å². The van der Waals surface area contributed by atoms with E-state index in [1.54, 1.807) is 0 Å². The van der Waals surface area contributed by atoms with Gasteiger partial charge in [0.25, 0.3) is 0 Å². The fourth-order valence-corrected chi connectivity index (χ4v) is 2.75. The number of thiocarbonyl (C=S) groups is 1. The molecule has 0 bridgehead atoms. The molecule has 0 radical (unpaired) electrons. The Bertz CT molecular complexity index is 619. The average Bonchev–Trinajstić information content (AvgIpc) is 2.36. The summed E-state index contributed by atoms with van der Waals surface area (Å²) >= 11 is 18.2. The largest absolute Gasteiger partial charge is 0.332 e. The fourth-order valence-electron chi connectivity index (χ4n) is 1.43. The number of halogens is 3. The van der Waals surface area contributed by atoms with E-state index in [0.717, 1.165) is 20.3 Å². The van der Waals surface area contributed by atoms with E-state index in [2.05, 4.69) is 42.5 Å². The molecule has 0 saturated heterocycles. The van der Waals surface area contributed by atoms with Gasteiger partial charge in [-0.25, -0.2) is 0 Å². The molecule has 2 N–H and O–H groups in total. The number of benzene rings is 2. The Morgan fingerprint density at radius 3 is 2.37 bits per heavy atom. The molecular formula is C13H9Br2ClN2S. The highest BCUT2D eigenvalue weighted by Gasteiger charge is 2.05. The summed E-state index contributed by atoms with van der Waals surface area (Å²) in [6.45, 7) is 0. The standard InChI is InChI=1S/C13H9Br2ClN2S/c14-8-5-6-12(10(16)7-8)18-13(19)17-11-4-2-1-3-9(11)15/h1-7H,(H2,17,18,19). The Balaban J connectivity index is 2.08. The van der Waals surface area contributed by atoms with Crippen molar-refractivity contribution >= 4 is 72.2 Å². The van der Waals surface area contributed by atoms with Crippen molar-refractivity contribution < 1.29 is 0 Å². The summed E-state index contributed by atoms with van der Waals surface area (Å²) in [5.41, 5.74) is 1.66. The molecule has 2 aromatic carbocycles. The van der Waals surface area contributed by atoms with Crippen LogP contribution in [0.5, 0.6) is 0 Å². The lowest BCUT2D eigenvalue weighted by molar-refractivity contribution is 1.56. The van der Waals surface area contributed by atoms with Gasteiger partial charge in [-0.15, -0.1) is 0 Å². The normalized spacial score (nSPS) is 10.1. The Labute approximate surface area is 138 Å². The van der Waals surface area contributed by atoms with E-state index in [1.807, 2.05) is 42.5 Å². The van der Waals surface area contributed by atoms with Crippen molar-refractivity contribution in [2.24, 2.45) is 0 Å². The van der Waals surface area contributed by atoms with Crippen LogP contribution in [0.3, 0.4) is 0 Å². The highest BCUT2D eigenvalue weighted by molar-refractivity contribution is 9.10. The van der Waals surface area contributed by atoms with Crippen LogP contribution in [-0.2, 0) is 0 Å². The molecule has 0 aliphatic rings. The van der Waals surface area contributed by atoms with Crippen molar-refractivity contribution in [3.05, 3.63) is 56.4 Å². The first-order chi connectivity index (χ1) is 9.06. The lowest BCUT2D eigenvalue weighted by Crippen LogP contribution is -2.19. The zero-order chi connectivity index (χ0) is 13.8. The quantitative estimate of drug-likeness (QED) is 0.612. The monoisotopic (exact) mass is 418 g/mol. The van der Waals surface area contributed by atoms with E-state index < -0.39 is 0 Å². The Kier molecular flexibility index (Phi) is 5.21. The van der Waals surface area contributed by atoms with Crippen molar-refractivity contribution in [3.63, 3.8) is 0 Å². The Morgan fingerprint density at radius 2 is 1.68 bits per heavy atom. The molecule has 0 saturated carbocycles. The van der Waals surface area contributed by atoms with E-state index in [4.69, 9.17) is 23.8 Å². The second-order valence-corrected chi connectivity index (χ2v) is 6.27. The van der Waals surface area contributed by atoms with Gasteiger partial charge in [-0.3, -0.25) is 0 Å². The number of hydrogen-bond donors (Lipinski definition) is 2. The second kappa shape index (κ2) is 6.70. The van der Waals surface area contributed by atoms with Crippen LogP contribution in [0.15, 0.2) is 51.4 Å². The number of anilines is 2. The van der Waals surface area contributed by atoms with Crippen LogP contribution in [0.25, 0.3) is 0 Å². The van der Waals surface area contributed by atoms with Gasteiger partial charge >= 0.3 is 0 Å². The molecule has 0 atom stereocenters. The average molecular weight is 421 g/mol. The topological polar surface area (TPSA) is 24.1 Å². The van der Waals surface area contributed by atoms with Crippen LogP contribution in [0.2, 0.25) is 5.02 Å². The van der Waals surface area contributed by atoms with E-state index >= 15 is 0 Å². The first kappa shape index (κ1) is 14.8. The van der Waals surface area contributed by atoms with Gasteiger partial charge in [0, 0.05) is 8.95 Å². The molecule has 0 amide bonds. The number of rotatable bonds is 2. The van der Waals surface area contributed by atoms with Crippen LogP contribution < -0.4 is 10.6 Å². The summed E-state index contributed by atoms with van der Waals surface area (Å²) < 4.78 is 1.87. The van der Waals surface area contributed by atoms with Crippen LogP contribution in [0.4, 0.5) is 11.4 Å². The van der Waals surface area contributed by atoms with E-state index in [-0.39, 0.29) is 0 Å². The highest BCUT2D eigenvalue weighted by Crippen LogP contribution is 2.26. The highest BCUT2D eigenvalue weighted by atomic mass is 79.9. The minimum Gasteiger partial charge on any atom is -0.332 e. The smallest absolute Gasteiger partial charge is 0.175 e. The summed E-state index contributed by atoms with van der Waals surface area (Å²) in [4.78, 5) is 0. The Morgan fingerprint density at radius 1 is 1.00 bits per heavy atom. The number of para-hydroxylation sites is 1. The van der Waals surface area contributed by atoms with Crippen molar-refractivity contribution in [2.75, 3.05) is 10.6 Å². The van der Waals surface area contributed by atoms with Crippen LogP contribution in [0, 0.1) is 0 Å². The minimum atomic E-state index is 0.483. The van der Waals surface area contributed by atoms with E-state index in [0.29, 0.717) is 10.1 Å². The molecule has 0 unspecified atom stereocenters. The van der Waals surface area contributed by atoms with Gasteiger partial charge in [-0.2, -0.15) is 0 Å². The Hall–Kier alpha value is -0.620. The molecule has 19 heavy (non-hydrogen) atoms. The lowest BCUT2D eigenvalue weighted by Gasteiger charge is -2.12.